The molecule has 0 spiro atoms. The van der Waals surface area contributed by atoms with E-state index in [1.807, 2.05) is 36.4 Å². The van der Waals surface area contributed by atoms with Crippen molar-refractivity contribution in [1.29, 1.82) is 0 Å². The Morgan fingerprint density at radius 1 is 1.08 bits per heavy atom. The number of hydrogen-bond acceptors (Lipinski definition) is 5. The molecular weight excluding hydrogens is 304 g/mol. The van der Waals surface area contributed by atoms with Gasteiger partial charge in [-0.1, -0.05) is 24.3 Å². The number of nitrogens with two attached hydrogens (primary N) is 1. The summed E-state index contributed by atoms with van der Waals surface area (Å²) >= 11 is 0. The molecule has 0 bridgehead atoms. The third-order valence-corrected chi connectivity index (χ3v) is 4.95. The lowest BCUT2D eigenvalue weighted by atomic mass is 9.74. The van der Waals surface area contributed by atoms with Crippen LogP contribution < -0.4 is 5.73 Å². The standard InChI is InChI=1S/C19H20N2O3/c20-16-6-3-7-17(22)19(16,23)13-10-8-12(9-11-13)18-21-14-4-1-2-5-15(14)24-18/h1-2,4-5,8-11,16-17,22-23H,3,6-7,20H2/t16-,17+,19-/m0/s1. The molecule has 0 radical (unpaired) electrons. The van der Waals surface area contributed by atoms with Crippen molar-refractivity contribution in [2.24, 2.45) is 5.73 Å². The molecule has 1 heterocycles. The van der Waals surface area contributed by atoms with E-state index >= 15 is 0 Å². The van der Waals surface area contributed by atoms with Gasteiger partial charge in [0.15, 0.2) is 5.58 Å². The van der Waals surface area contributed by atoms with Gasteiger partial charge in [0.25, 0.3) is 0 Å². The lowest BCUT2D eigenvalue weighted by Crippen LogP contribution is -2.56. The third-order valence-electron chi connectivity index (χ3n) is 4.95. The molecule has 1 fully saturated rings. The highest BCUT2D eigenvalue weighted by Crippen LogP contribution is 2.37. The quantitative estimate of drug-likeness (QED) is 0.674. The Balaban J connectivity index is 1.69. The summed E-state index contributed by atoms with van der Waals surface area (Å²) in [6.07, 6.45) is 1.22. The third kappa shape index (κ3) is 2.33. The second-order valence-corrected chi connectivity index (χ2v) is 6.44. The molecule has 2 aromatic carbocycles. The summed E-state index contributed by atoms with van der Waals surface area (Å²) in [7, 11) is 0. The van der Waals surface area contributed by atoms with Crippen LogP contribution in [0.25, 0.3) is 22.6 Å². The van der Waals surface area contributed by atoms with Crippen molar-refractivity contribution in [3.8, 4) is 11.5 Å². The average molecular weight is 324 g/mol. The number of aromatic nitrogens is 1. The van der Waals surface area contributed by atoms with Gasteiger partial charge in [0, 0.05) is 11.6 Å². The van der Waals surface area contributed by atoms with E-state index in [1.54, 1.807) is 12.1 Å². The number of nitrogens with zero attached hydrogens (tertiary/aromatic N) is 1. The van der Waals surface area contributed by atoms with Crippen LogP contribution in [0.15, 0.2) is 52.9 Å². The smallest absolute Gasteiger partial charge is 0.227 e. The molecule has 1 saturated carbocycles. The summed E-state index contributed by atoms with van der Waals surface area (Å²) < 4.78 is 5.76. The molecule has 4 rings (SSSR count). The van der Waals surface area contributed by atoms with E-state index in [1.165, 1.54) is 0 Å². The van der Waals surface area contributed by atoms with E-state index in [4.69, 9.17) is 10.2 Å². The van der Waals surface area contributed by atoms with Crippen LogP contribution in [0.1, 0.15) is 24.8 Å². The van der Waals surface area contributed by atoms with Crippen molar-refractivity contribution in [1.82, 2.24) is 4.98 Å². The minimum absolute atomic E-state index is 0.476. The van der Waals surface area contributed by atoms with Gasteiger partial charge in [0.1, 0.15) is 11.1 Å². The minimum atomic E-state index is -1.40. The molecule has 0 amide bonds. The van der Waals surface area contributed by atoms with Crippen molar-refractivity contribution in [2.45, 2.75) is 37.0 Å². The lowest BCUT2D eigenvalue weighted by Gasteiger charge is -2.42. The molecule has 24 heavy (non-hydrogen) atoms. The average Bonchev–Trinajstić information content (AvgIpc) is 3.04. The van der Waals surface area contributed by atoms with Crippen molar-refractivity contribution in [2.75, 3.05) is 0 Å². The van der Waals surface area contributed by atoms with Crippen LogP contribution in [0.5, 0.6) is 0 Å². The monoisotopic (exact) mass is 324 g/mol. The lowest BCUT2D eigenvalue weighted by molar-refractivity contribution is -0.118. The maximum Gasteiger partial charge on any atom is 0.227 e. The highest BCUT2D eigenvalue weighted by Gasteiger charge is 2.45. The summed E-state index contributed by atoms with van der Waals surface area (Å²) in [4.78, 5) is 4.47. The Hall–Kier alpha value is -2.21. The Kier molecular flexibility index (Phi) is 3.64. The summed E-state index contributed by atoms with van der Waals surface area (Å²) in [5.41, 5.74) is 7.68. The van der Waals surface area contributed by atoms with E-state index in [2.05, 4.69) is 4.98 Å². The van der Waals surface area contributed by atoms with Gasteiger partial charge in [-0.15, -0.1) is 0 Å². The van der Waals surface area contributed by atoms with Crippen LogP contribution >= 0.6 is 0 Å². The van der Waals surface area contributed by atoms with Crippen molar-refractivity contribution < 1.29 is 14.6 Å². The van der Waals surface area contributed by atoms with Gasteiger partial charge in [0.05, 0.1) is 6.10 Å². The van der Waals surface area contributed by atoms with Crippen LogP contribution in [-0.2, 0) is 5.60 Å². The highest BCUT2D eigenvalue weighted by molar-refractivity contribution is 5.76. The molecule has 0 aliphatic heterocycles. The number of hydrogen-bond donors (Lipinski definition) is 3. The normalized spacial score (nSPS) is 27.5. The molecule has 0 saturated heterocycles. The van der Waals surface area contributed by atoms with E-state index in [9.17, 15) is 10.2 Å². The number of benzene rings is 2. The van der Waals surface area contributed by atoms with Gasteiger partial charge in [-0.2, -0.15) is 0 Å². The fourth-order valence-corrected chi connectivity index (χ4v) is 3.50. The molecule has 5 nitrogen and oxygen atoms in total. The van der Waals surface area contributed by atoms with E-state index in [0.29, 0.717) is 24.3 Å². The topological polar surface area (TPSA) is 92.5 Å². The molecule has 4 N–H and O–H groups in total. The first-order valence-electron chi connectivity index (χ1n) is 8.21. The Labute approximate surface area is 139 Å². The number of aliphatic hydroxyl groups excluding tert-OH is 1. The van der Waals surface area contributed by atoms with Crippen molar-refractivity contribution in [3.05, 3.63) is 54.1 Å². The predicted octanol–water partition coefficient (Wildman–Crippen LogP) is 2.55. The van der Waals surface area contributed by atoms with Crippen LogP contribution in [-0.4, -0.2) is 27.3 Å². The molecule has 3 atom stereocenters. The summed E-state index contributed by atoms with van der Waals surface area (Å²) in [5, 5.41) is 21.2. The zero-order valence-electron chi connectivity index (χ0n) is 13.2. The van der Waals surface area contributed by atoms with Crippen LogP contribution in [0.2, 0.25) is 0 Å². The van der Waals surface area contributed by atoms with E-state index in [-0.39, 0.29) is 0 Å². The number of oxazole rings is 1. The Morgan fingerprint density at radius 3 is 2.54 bits per heavy atom. The molecule has 5 heteroatoms. The van der Waals surface area contributed by atoms with Gasteiger partial charge in [-0.25, -0.2) is 4.98 Å². The van der Waals surface area contributed by atoms with Gasteiger partial charge in [-0.3, -0.25) is 0 Å². The fourth-order valence-electron chi connectivity index (χ4n) is 3.50. The van der Waals surface area contributed by atoms with E-state index in [0.717, 1.165) is 23.1 Å². The maximum atomic E-state index is 10.9. The van der Waals surface area contributed by atoms with E-state index < -0.39 is 17.7 Å². The number of aliphatic hydroxyl groups is 2. The van der Waals surface area contributed by atoms with Crippen LogP contribution in [0.3, 0.4) is 0 Å². The highest BCUT2D eigenvalue weighted by atomic mass is 16.3. The predicted molar refractivity (Wildman–Crippen MR) is 91.2 cm³/mol. The maximum absolute atomic E-state index is 10.9. The summed E-state index contributed by atoms with van der Waals surface area (Å²) in [6.45, 7) is 0. The minimum Gasteiger partial charge on any atom is -0.436 e. The largest absolute Gasteiger partial charge is 0.436 e. The molecule has 1 aliphatic rings. The van der Waals surface area contributed by atoms with Crippen LogP contribution in [0, 0.1) is 0 Å². The molecule has 1 aromatic heterocycles. The fraction of sp³-hybridized carbons (Fsp3) is 0.316. The molecule has 1 aliphatic carbocycles. The second kappa shape index (κ2) is 5.70. The number of para-hydroxylation sites is 2. The number of rotatable bonds is 2. The summed E-state index contributed by atoms with van der Waals surface area (Å²) in [6, 6.07) is 14.4. The van der Waals surface area contributed by atoms with Gasteiger partial charge in [0.2, 0.25) is 5.89 Å². The second-order valence-electron chi connectivity index (χ2n) is 6.44. The van der Waals surface area contributed by atoms with Crippen molar-refractivity contribution in [3.63, 3.8) is 0 Å². The molecule has 124 valence electrons. The number of fused-ring (bicyclic) bond motifs is 1. The zero-order chi connectivity index (χ0) is 16.7. The SMILES string of the molecule is N[C@H]1CCC[C@@H](O)[C@]1(O)c1ccc(-c2nc3ccccc3o2)cc1. The molecular formula is C19H20N2O3. The first-order valence-corrected chi connectivity index (χ1v) is 8.21. The van der Waals surface area contributed by atoms with Crippen molar-refractivity contribution >= 4 is 11.1 Å². The Morgan fingerprint density at radius 2 is 1.83 bits per heavy atom. The Bertz CT molecular complexity index is 813. The van der Waals surface area contributed by atoms with Gasteiger partial charge >= 0.3 is 0 Å². The van der Waals surface area contributed by atoms with Gasteiger partial charge < -0.3 is 20.4 Å². The van der Waals surface area contributed by atoms with Crippen LogP contribution in [0.4, 0.5) is 0 Å². The van der Waals surface area contributed by atoms with Gasteiger partial charge in [-0.05, 0) is 49.1 Å². The first-order chi connectivity index (χ1) is 11.6. The first kappa shape index (κ1) is 15.3. The zero-order valence-corrected chi connectivity index (χ0v) is 13.2. The summed E-state index contributed by atoms with van der Waals surface area (Å²) in [5.74, 6) is 0.531. The molecule has 3 aromatic rings. The molecule has 0 unspecified atom stereocenters.